The monoisotopic (exact) mass is 210 g/mol. The fourth-order valence-electron chi connectivity index (χ4n) is 1.21. The summed E-state index contributed by atoms with van der Waals surface area (Å²) < 4.78 is 0. The summed E-state index contributed by atoms with van der Waals surface area (Å²) in [5, 5.41) is 0. The molecule has 0 atom stereocenters. The third kappa shape index (κ3) is 4.01. The molecule has 0 fully saturated rings. The van der Waals surface area contributed by atoms with Gasteiger partial charge in [0, 0.05) is 0 Å². The van der Waals surface area contributed by atoms with Crippen LogP contribution in [0.5, 0.6) is 0 Å². The van der Waals surface area contributed by atoms with Gasteiger partial charge in [-0.1, -0.05) is 60.6 Å². The van der Waals surface area contributed by atoms with Gasteiger partial charge in [-0.15, -0.1) is 0 Å². The lowest BCUT2D eigenvalue weighted by molar-refractivity contribution is 0.104. The van der Waals surface area contributed by atoms with E-state index in [4.69, 9.17) is 0 Å². The normalized spacial score (nSPS) is 14.1. The predicted molar refractivity (Wildman–Crippen MR) is 71.1 cm³/mol. The van der Waals surface area contributed by atoms with Crippen LogP contribution in [-0.4, -0.2) is 0 Å². The Hall–Kier alpha value is -0.260. The molecule has 0 nitrogen and oxygen atoms in total. The second-order valence-electron chi connectivity index (χ2n) is 7.30. The maximum atomic E-state index is 4.09. The molecule has 0 aromatic heterocycles. The fourth-order valence-corrected chi connectivity index (χ4v) is 1.21. The minimum atomic E-state index is 0.280. The lowest BCUT2D eigenvalue weighted by atomic mass is 9.64. The van der Waals surface area contributed by atoms with Crippen molar-refractivity contribution in [3.8, 4) is 0 Å². The molecule has 0 saturated carbocycles. The summed E-state index contributed by atoms with van der Waals surface area (Å²) in [6, 6.07) is 0. The zero-order valence-electron chi connectivity index (χ0n) is 12.1. The smallest absolute Gasteiger partial charge is 0.0150 e. The molecule has 0 unspecified atom stereocenters. The largest absolute Gasteiger partial charge is 0.0996 e. The Morgan fingerprint density at radius 3 is 1.53 bits per heavy atom. The Balaban J connectivity index is 4.47. The number of allylic oxidation sites excluding steroid dienone is 1. The number of rotatable bonds is 4. The van der Waals surface area contributed by atoms with Gasteiger partial charge in [0.05, 0.1) is 0 Å². The van der Waals surface area contributed by atoms with Crippen molar-refractivity contribution < 1.29 is 0 Å². The van der Waals surface area contributed by atoms with Gasteiger partial charge in [-0.2, -0.15) is 0 Å². The lowest BCUT2D eigenvalue weighted by Gasteiger charge is -2.41. The molecular weight excluding hydrogens is 180 g/mol. The highest BCUT2D eigenvalue weighted by molar-refractivity contribution is 5.03. The fraction of sp³-hybridized carbons (Fsp3) is 0.867. The van der Waals surface area contributed by atoms with E-state index in [1.807, 2.05) is 0 Å². The average molecular weight is 210 g/mol. The van der Waals surface area contributed by atoms with Gasteiger partial charge in [0.25, 0.3) is 0 Å². The summed E-state index contributed by atoms with van der Waals surface area (Å²) >= 11 is 0. The highest BCUT2D eigenvalue weighted by atomic mass is 14.4. The molecule has 0 heterocycles. The average Bonchev–Trinajstić information content (AvgIpc) is 1.99. The van der Waals surface area contributed by atoms with Gasteiger partial charge in [-0.05, 0) is 36.0 Å². The molecule has 0 aliphatic heterocycles. The summed E-state index contributed by atoms with van der Waals surface area (Å²) in [7, 11) is 0. The number of hydrogen-bond donors (Lipinski definition) is 0. The highest BCUT2D eigenvalue weighted by Gasteiger charge is 2.34. The van der Waals surface area contributed by atoms with Crippen LogP contribution in [0, 0.1) is 16.2 Å². The summed E-state index contributed by atoms with van der Waals surface area (Å²) in [5.74, 6) is 0. The van der Waals surface area contributed by atoms with Crippen molar-refractivity contribution in [3.05, 3.63) is 12.2 Å². The van der Waals surface area contributed by atoms with Crippen LogP contribution in [0.3, 0.4) is 0 Å². The summed E-state index contributed by atoms with van der Waals surface area (Å²) in [6.07, 6.45) is 2.49. The summed E-state index contributed by atoms with van der Waals surface area (Å²) in [4.78, 5) is 0. The predicted octanol–water partition coefficient (Wildman–Crippen LogP) is 5.44. The van der Waals surface area contributed by atoms with Crippen LogP contribution < -0.4 is 0 Å². The van der Waals surface area contributed by atoms with Crippen LogP contribution in [0.1, 0.15) is 68.2 Å². The standard InChI is InChI=1S/C15H30/c1-12(2)14(6,7)10-11-15(8,9)13(3,4)5/h1,10-11H2,2-9H3. The minimum Gasteiger partial charge on any atom is -0.0996 e. The van der Waals surface area contributed by atoms with E-state index in [-0.39, 0.29) is 5.41 Å². The molecule has 0 saturated heterocycles. The maximum absolute atomic E-state index is 4.09. The van der Waals surface area contributed by atoms with E-state index < -0.39 is 0 Å². The van der Waals surface area contributed by atoms with Gasteiger partial charge in [0.1, 0.15) is 0 Å². The van der Waals surface area contributed by atoms with Gasteiger partial charge < -0.3 is 0 Å². The molecule has 0 amide bonds. The minimum absolute atomic E-state index is 0.280. The molecule has 15 heavy (non-hydrogen) atoms. The van der Waals surface area contributed by atoms with Crippen molar-refractivity contribution >= 4 is 0 Å². The van der Waals surface area contributed by atoms with E-state index in [9.17, 15) is 0 Å². The van der Waals surface area contributed by atoms with Crippen molar-refractivity contribution in [1.82, 2.24) is 0 Å². The molecule has 0 rings (SSSR count). The molecule has 0 aliphatic rings. The van der Waals surface area contributed by atoms with Crippen molar-refractivity contribution in [2.75, 3.05) is 0 Å². The molecule has 0 aromatic rings. The molecule has 90 valence electrons. The first-order valence-electron chi connectivity index (χ1n) is 6.06. The van der Waals surface area contributed by atoms with Crippen molar-refractivity contribution in [3.63, 3.8) is 0 Å². The molecule has 0 radical (unpaired) electrons. The van der Waals surface area contributed by atoms with Crippen molar-refractivity contribution in [2.45, 2.75) is 68.2 Å². The van der Waals surface area contributed by atoms with Gasteiger partial charge in [0.2, 0.25) is 0 Å². The first-order valence-corrected chi connectivity index (χ1v) is 6.06. The van der Waals surface area contributed by atoms with Crippen LogP contribution in [0.15, 0.2) is 12.2 Å². The van der Waals surface area contributed by atoms with Crippen molar-refractivity contribution in [1.29, 1.82) is 0 Å². The van der Waals surface area contributed by atoms with Crippen LogP contribution in [0.2, 0.25) is 0 Å². The Kier molecular flexibility index (Phi) is 4.24. The zero-order chi connectivity index (χ0) is 12.5. The van der Waals surface area contributed by atoms with E-state index >= 15 is 0 Å². The van der Waals surface area contributed by atoms with E-state index in [0.717, 1.165) is 0 Å². The van der Waals surface area contributed by atoms with Crippen LogP contribution in [0.25, 0.3) is 0 Å². The second kappa shape index (κ2) is 4.31. The quantitative estimate of drug-likeness (QED) is 0.542. The molecule has 0 spiro atoms. The highest BCUT2D eigenvalue weighted by Crippen LogP contribution is 2.44. The van der Waals surface area contributed by atoms with Crippen LogP contribution >= 0.6 is 0 Å². The Bertz CT molecular complexity index is 223. The Morgan fingerprint density at radius 1 is 0.867 bits per heavy atom. The van der Waals surface area contributed by atoms with E-state index in [1.54, 1.807) is 0 Å². The molecular formula is C15H30. The third-order valence-corrected chi connectivity index (χ3v) is 4.56. The molecule has 0 aromatic carbocycles. The Labute approximate surface area is 97.2 Å². The topological polar surface area (TPSA) is 0 Å². The van der Waals surface area contributed by atoms with Gasteiger partial charge >= 0.3 is 0 Å². The van der Waals surface area contributed by atoms with E-state index in [1.165, 1.54) is 18.4 Å². The number of hydrogen-bond acceptors (Lipinski definition) is 0. The first kappa shape index (κ1) is 14.7. The SMILES string of the molecule is C=C(C)C(C)(C)CCC(C)(C)C(C)(C)C. The first-order chi connectivity index (χ1) is 6.40. The second-order valence-corrected chi connectivity index (χ2v) is 7.30. The lowest BCUT2D eigenvalue weighted by Crippen LogP contribution is -2.31. The van der Waals surface area contributed by atoms with E-state index in [0.29, 0.717) is 10.8 Å². The third-order valence-electron chi connectivity index (χ3n) is 4.56. The molecule has 0 N–H and O–H groups in total. The molecule has 0 aliphatic carbocycles. The van der Waals surface area contributed by atoms with Crippen LogP contribution in [-0.2, 0) is 0 Å². The molecule has 0 bridgehead atoms. The van der Waals surface area contributed by atoms with Gasteiger partial charge in [-0.25, -0.2) is 0 Å². The van der Waals surface area contributed by atoms with Gasteiger partial charge in [-0.3, -0.25) is 0 Å². The zero-order valence-corrected chi connectivity index (χ0v) is 12.1. The Morgan fingerprint density at radius 2 is 1.27 bits per heavy atom. The van der Waals surface area contributed by atoms with E-state index in [2.05, 4.69) is 62.0 Å². The molecule has 0 heteroatoms. The van der Waals surface area contributed by atoms with Crippen molar-refractivity contribution in [2.24, 2.45) is 16.2 Å². The summed E-state index contributed by atoms with van der Waals surface area (Å²) in [6.45, 7) is 22.6. The van der Waals surface area contributed by atoms with Crippen LogP contribution in [0.4, 0.5) is 0 Å². The van der Waals surface area contributed by atoms with Gasteiger partial charge in [0.15, 0.2) is 0 Å². The summed E-state index contributed by atoms with van der Waals surface area (Å²) in [5.41, 5.74) is 2.34. The maximum Gasteiger partial charge on any atom is -0.0150 e.